The molecule has 0 aliphatic carbocycles. The standard InChI is InChI=1S/C26H28F2N4O4P2/c1-3-14-4-6-15(7-5-14)24(33)30-23-17(22-18(27)8-16(36-2)9-19(22)28)11-32(26(23)35)20-10-29-13-31(25(20)34)12-21(37)38/h4-10,13,17,21,23H,3,11-12,37-38H2,1-2H3,(H,30,33)/t17-,23-/m0/s1. The van der Waals surface area contributed by atoms with Crippen molar-refractivity contribution in [2.75, 3.05) is 18.6 Å². The zero-order valence-electron chi connectivity index (χ0n) is 20.9. The number of rotatable bonds is 8. The van der Waals surface area contributed by atoms with Gasteiger partial charge >= 0.3 is 0 Å². The topological polar surface area (TPSA) is 93.5 Å². The zero-order valence-corrected chi connectivity index (χ0v) is 23.2. The van der Waals surface area contributed by atoms with Crippen molar-refractivity contribution in [3.05, 3.63) is 87.6 Å². The van der Waals surface area contributed by atoms with Gasteiger partial charge in [-0.3, -0.25) is 19.0 Å². The summed E-state index contributed by atoms with van der Waals surface area (Å²) in [7, 11) is 6.37. The van der Waals surface area contributed by atoms with Crippen molar-refractivity contribution in [3.63, 3.8) is 0 Å². The Balaban J connectivity index is 1.75. The Bertz CT molecular complexity index is 1390. The molecule has 2 amide bonds. The molecule has 2 aromatic carbocycles. The summed E-state index contributed by atoms with van der Waals surface area (Å²) in [6.45, 7) is 2.04. The second-order valence-electron chi connectivity index (χ2n) is 8.96. The average molecular weight is 560 g/mol. The Morgan fingerprint density at radius 2 is 1.84 bits per heavy atom. The van der Waals surface area contributed by atoms with E-state index in [1.54, 1.807) is 24.3 Å². The molecule has 4 atom stereocenters. The van der Waals surface area contributed by atoms with Crippen LogP contribution in [0, 0.1) is 11.6 Å². The number of aromatic nitrogens is 2. The highest BCUT2D eigenvalue weighted by Gasteiger charge is 2.46. The predicted octanol–water partition coefficient (Wildman–Crippen LogP) is 3.10. The van der Waals surface area contributed by atoms with E-state index in [1.807, 2.05) is 6.92 Å². The monoisotopic (exact) mass is 560 g/mol. The molecular weight excluding hydrogens is 532 g/mol. The molecule has 1 N–H and O–H groups in total. The number of anilines is 1. The highest BCUT2D eigenvalue weighted by molar-refractivity contribution is 7.37. The predicted molar refractivity (Wildman–Crippen MR) is 147 cm³/mol. The van der Waals surface area contributed by atoms with Crippen LogP contribution < -0.4 is 20.5 Å². The molecule has 1 fully saturated rings. The van der Waals surface area contributed by atoms with Crippen molar-refractivity contribution in [1.82, 2.24) is 14.9 Å². The lowest BCUT2D eigenvalue weighted by atomic mass is 9.92. The normalized spacial score (nSPS) is 17.2. The molecule has 8 nitrogen and oxygen atoms in total. The van der Waals surface area contributed by atoms with Crippen molar-refractivity contribution < 1.29 is 23.1 Å². The minimum Gasteiger partial charge on any atom is -0.497 e. The van der Waals surface area contributed by atoms with Crippen LogP contribution in [0.1, 0.15) is 34.3 Å². The number of ether oxygens (including phenoxy) is 1. The number of nitrogens with zero attached hydrogens (tertiary/aromatic N) is 3. The molecule has 1 aliphatic rings. The molecule has 12 heteroatoms. The van der Waals surface area contributed by atoms with E-state index < -0.39 is 41.0 Å². The maximum atomic E-state index is 15.2. The number of hydrogen-bond donors (Lipinski definition) is 1. The third-order valence-corrected chi connectivity index (χ3v) is 6.89. The summed E-state index contributed by atoms with van der Waals surface area (Å²) in [6, 6.07) is 7.53. The largest absolute Gasteiger partial charge is 0.497 e. The summed E-state index contributed by atoms with van der Waals surface area (Å²) in [5, 5.41) is 2.62. The van der Waals surface area contributed by atoms with Gasteiger partial charge in [-0.05, 0) is 24.1 Å². The number of aryl methyl sites for hydroxylation is 1. The lowest BCUT2D eigenvalue weighted by Crippen LogP contribution is -2.44. The van der Waals surface area contributed by atoms with E-state index >= 15 is 8.78 Å². The molecular formula is C26H28F2N4O4P2. The fraction of sp³-hybridized carbons (Fsp3) is 0.308. The number of benzene rings is 2. The number of halogens is 2. The first-order valence-electron chi connectivity index (χ1n) is 11.9. The third kappa shape index (κ3) is 5.62. The first-order valence-corrected chi connectivity index (χ1v) is 13.3. The van der Waals surface area contributed by atoms with Gasteiger partial charge in [0.2, 0.25) is 5.91 Å². The van der Waals surface area contributed by atoms with Gasteiger partial charge < -0.3 is 15.0 Å². The molecule has 38 heavy (non-hydrogen) atoms. The van der Waals surface area contributed by atoms with Gasteiger partial charge in [-0.25, -0.2) is 13.8 Å². The molecule has 2 heterocycles. The van der Waals surface area contributed by atoms with Crippen molar-refractivity contribution in [3.8, 4) is 5.75 Å². The molecule has 0 saturated carbocycles. The maximum Gasteiger partial charge on any atom is 0.277 e. The Morgan fingerprint density at radius 1 is 1.18 bits per heavy atom. The summed E-state index contributed by atoms with van der Waals surface area (Å²) in [5.74, 6) is -4.26. The maximum absolute atomic E-state index is 15.2. The summed E-state index contributed by atoms with van der Waals surface area (Å²) in [6.07, 6.45) is 3.38. The Hall–Kier alpha value is -3.22. The van der Waals surface area contributed by atoms with E-state index in [-0.39, 0.29) is 28.9 Å². The summed E-state index contributed by atoms with van der Waals surface area (Å²) in [5.41, 5.74) is 0.401. The number of hydrogen-bond acceptors (Lipinski definition) is 5. The molecule has 0 spiro atoms. The van der Waals surface area contributed by atoms with Crippen LogP contribution in [0.2, 0.25) is 0 Å². The van der Waals surface area contributed by atoms with Crippen LogP contribution in [0.5, 0.6) is 5.75 Å². The van der Waals surface area contributed by atoms with Crippen LogP contribution in [-0.2, 0) is 17.8 Å². The van der Waals surface area contributed by atoms with Crippen molar-refractivity contribution in [1.29, 1.82) is 0 Å². The Kier molecular flexibility index (Phi) is 8.54. The van der Waals surface area contributed by atoms with E-state index in [1.165, 1.54) is 24.2 Å². The number of nitrogens with one attached hydrogen (secondary N) is 1. The lowest BCUT2D eigenvalue weighted by molar-refractivity contribution is -0.118. The van der Waals surface area contributed by atoms with Crippen LogP contribution >= 0.6 is 18.5 Å². The summed E-state index contributed by atoms with van der Waals surface area (Å²) >= 11 is 0. The lowest BCUT2D eigenvalue weighted by Gasteiger charge is -2.20. The molecule has 1 aromatic heterocycles. The van der Waals surface area contributed by atoms with Gasteiger partial charge in [0.15, 0.2) is 0 Å². The van der Waals surface area contributed by atoms with Crippen LogP contribution in [0.25, 0.3) is 0 Å². The smallest absolute Gasteiger partial charge is 0.277 e. The molecule has 200 valence electrons. The molecule has 4 rings (SSSR count). The molecule has 1 saturated heterocycles. The average Bonchev–Trinajstić information content (AvgIpc) is 3.19. The van der Waals surface area contributed by atoms with E-state index in [2.05, 4.69) is 28.8 Å². The quantitative estimate of drug-likeness (QED) is 0.428. The van der Waals surface area contributed by atoms with Gasteiger partial charge in [0.25, 0.3) is 11.5 Å². The van der Waals surface area contributed by atoms with Crippen molar-refractivity contribution in [2.24, 2.45) is 0 Å². The van der Waals surface area contributed by atoms with Crippen LogP contribution in [0.15, 0.2) is 53.7 Å². The first-order chi connectivity index (χ1) is 18.1. The van der Waals surface area contributed by atoms with Gasteiger partial charge in [0, 0.05) is 47.7 Å². The summed E-state index contributed by atoms with van der Waals surface area (Å²) in [4.78, 5) is 45.1. The van der Waals surface area contributed by atoms with Crippen molar-refractivity contribution >= 4 is 36.0 Å². The van der Waals surface area contributed by atoms with E-state index in [0.717, 1.165) is 29.0 Å². The van der Waals surface area contributed by atoms with E-state index in [4.69, 9.17) is 4.74 Å². The van der Waals surface area contributed by atoms with Gasteiger partial charge in [-0.2, -0.15) is 0 Å². The third-order valence-electron chi connectivity index (χ3n) is 6.46. The fourth-order valence-corrected chi connectivity index (χ4v) is 4.95. The number of carbonyl (C=O) groups excluding carboxylic acids is 2. The highest BCUT2D eigenvalue weighted by atomic mass is 31.1. The number of carbonyl (C=O) groups is 2. The molecule has 0 bridgehead atoms. The first kappa shape index (κ1) is 27.8. The van der Waals surface area contributed by atoms with Gasteiger partial charge in [-0.15, -0.1) is 18.5 Å². The summed E-state index contributed by atoms with van der Waals surface area (Å²) < 4.78 is 36.6. The van der Waals surface area contributed by atoms with E-state index in [0.29, 0.717) is 12.1 Å². The molecule has 2 unspecified atom stereocenters. The minimum atomic E-state index is -1.34. The van der Waals surface area contributed by atoms with Gasteiger partial charge in [0.05, 0.1) is 19.6 Å². The Morgan fingerprint density at radius 3 is 2.42 bits per heavy atom. The van der Waals surface area contributed by atoms with Crippen LogP contribution in [0.4, 0.5) is 14.5 Å². The van der Waals surface area contributed by atoms with E-state index in [9.17, 15) is 14.4 Å². The molecule has 3 aromatic rings. The molecule has 1 aliphatic heterocycles. The minimum absolute atomic E-state index is 0.0268. The number of methoxy groups -OCH3 is 1. The zero-order chi connectivity index (χ0) is 27.6. The SMILES string of the molecule is CCc1ccc(C(=O)N[C@@H]2C(=O)N(c3cncn(CC(P)P)c3=O)C[C@H]2c2c(F)cc(OC)cc2F)cc1. The van der Waals surface area contributed by atoms with Gasteiger partial charge in [0.1, 0.15) is 29.1 Å². The van der Waals surface area contributed by atoms with Crippen molar-refractivity contribution in [2.45, 2.75) is 37.2 Å². The van der Waals surface area contributed by atoms with Crippen LogP contribution in [0.3, 0.4) is 0 Å². The molecule has 0 radical (unpaired) electrons. The fourth-order valence-electron chi connectivity index (χ4n) is 4.50. The Labute approximate surface area is 223 Å². The highest BCUT2D eigenvalue weighted by Crippen LogP contribution is 2.35. The number of amides is 2. The second-order valence-corrected chi connectivity index (χ2v) is 11.4. The second kappa shape index (κ2) is 11.7. The van der Waals surface area contributed by atoms with Gasteiger partial charge in [-0.1, -0.05) is 19.1 Å². The van der Waals surface area contributed by atoms with Crippen LogP contribution in [-0.4, -0.2) is 46.5 Å².